The number of hydrogen-bond donors (Lipinski definition) is 2. The van der Waals surface area contributed by atoms with Crippen molar-refractivity contribution in [3.8, 4) is 0 Å². The molecule has 1 rings (SSSR count). The van der Waals surface area contributed by atoms with Gasteiger partial charge >= 0.3 is 5.97 Å². The van der Waals surface area contributed by atoms with E-state index in [1.807, 2.05) is 0 Å². The Kier molecular flexibility index (Phi) is 3.23. The van der Waals surface area contributed by atoms with Gasteiger partial charge < -0.3 is 10.4 Å². The summed E-state index contributed by atoms with van der Waals surface area (Å²) < 4.78 is 22.9. The van der Waals surface area contributed by atoms with Gasteiger partial charge in [-0.15, -0.1) is 0 Å². The topological polar surface area (TPSA) is 83.5 Å². The number of hydrogen-bond acceptors (Lipinski definition) is 4. The van der Waals surface area contributed by atoms with Crippen molar-refractivity contribution in [2.45, 2.75) is 11.8 Å². The van der Waals surface area contributed by atoms with Crippen LogP contribution in [0.15, 0.2) is 17.0 Å². The molecule has 88 valence electrons. The van der Waals surface area contributed by atoms with Gasteiger partial charge in [0.2, 0.25) is 0 Å². The highest BCUT2D eigenvalue weighted by Gasteiger charge is 2.18. The number of anilines is 1. The molecular formula is C10H13NO4S. The second-order valence-corrected chi connectivity index (χ2v) is 5.42. The third-order valence-corrected chi connectivity index (χ3v) is 3.45. The Morgan fingerprint density at radius 2 is 1.94 bits per heavy atom. The molecule has 0 saturated heterocycles. The van der Waals surface area contributed by atoms with Gasteiger partial charge in [-0.05, 0) is 24.6 Å². The van der Waals surface area contributed by atoms with Crippen molar-refractivity contribution in [3.63, 3.8) is 0 Å². The maximum absolute atomic E-state index is 11.5. The van der Waals surface area contributed by atoms with E-state index in [0.29, 0.717) is 11.3 Å². The fourth-order valence-electron chi connectivity index (χ4n) is 1.54. The van der Waals surface area contributed by atoms with E-state index in [1.54, 1.807) is 14.0 Å². The highest BCUT2D eigenvalue weighted by atomic mass is 32.2. The normalized spacial score (nSPS) is 11.2. The average molecular weight is 243 g/mol. The molecule has 0 aliphatic carbocycles. The lowest BCUT2D eigenvalue weighted by atomic mass is 10.1. The molecule has 0 aliphatic heterocycles. The van der Waals surface area contributed by atoms with Crippen molar-refractivity contribution >= 4 is 21.5 Å². The summed E-state index contributed by atoms with van der Waals surface area (Å²) in [5, 5.41) is 11.6. The number of benzene rings is 1. The lowest BCUT2D eigenvalue weighted by Gasteiger charge is -2.12. The van der Waals surface area contributed by atoms with E-state index < -0.39 is 15.8 Å². The van der Waals surface area contributed by atoms with Crippen molar-refractivity contribution < 1.29 is 18.3 Å². The highest BCUT2D eigenvalue weighted by Crippen LogP contribution is 2.27. The molecule has 0 spiro atoms. The fourth-order valence-corrected chi connectivity index (χ4v) is 2.48. The first-order chi connectivity index (χ1) is 7.29. The Labute approximate surface area is 94.0 Å². The van der Waals surface area contributed by atoms with Crippen LogP contribution in [0.5, 0.6) is 0 Å². The van der Waals surface area contributed by atoms with E-state index >= 15 is 0 Å². The molecule has 0 saturated carbocycles. The van der Waals surface area contributed by atoms with Crippen LogP contribution >= 0.6 is 0 Å². The third-order valence-electron chi connectivity index (χ3n) is 2.31. The Balaban J connectivity index is 3.60. The van der Waals surface area contributed by atoms with E-state index in [2.05, 4.69) is 5.32 Å². The largest absolute Gasteiger partial charge is 0.478 e. The summed E-state index contributed by atoms with van der Waals surface area (Å²) in [5.41, 5.74) is 0.845. The van der Waals surface area contributed by atoms with Crippen molar-refractivity contribution in [2.24, 2.45) is 0 Å². The van der Waals surface area contributed by atoms with E-state index in [-0.39, 0.29) is 10.5 Å². The lowest BCUT2D eigenvalue weighted by Crippen LogP contribution is -2.08. The standard InChI is InChI=1S/C10H13NO4S/c1-6-7(10(12)13)4-5-8(9(6)11-2)16(3,14)15/h4-5,11H,1-3H3,(H,12,13). The Morgan fingerprint density at radius 3 is 2.31 bits per heavy atom. The first kappa shape index (κ1) is 12.5. The summed E-state index contributed by atoms with van der Waals surface area (Å²) in [5.74, 6) is -1.07. The van der Waals surface area contributed by atoms with Gasteiger partial charge in [-0.1, -0.05) is 0 Å². The van der Waals surface area contributed by atoms with Crippen LogP contribution in [0.4, 0.5) is 5.69 Å². The summed E-state index contributed by atoms with van der Waals surface area (Å²) >= 11 is 0. The van der Waals surface area contributed by atoms with E-state index in [1.165, 1.54) is 12.1 Å². The molecule has 0 heterocycles. The van der Waals surface area contributed by atoms with Gasteiger partial charge in [-0.3, -0.25) is 0 Å². The van der Waals surface area contributed by atoms with Crippen LogP contribution in [-0.2, 0) is 9.84 Å². The zero-order chi connectivity index (χ0) is 12.5. The van der Waals surface area contributed by atoms with Crippen LogP contribution in [0.25, 0.3) is 0 Å². The predicted octanol–water partition coefficient (Wildman–Crippen LogP) is 1.14. The third kappa shape index (κ3) is 2.16. The van der Waals surface area contributed by atoms with Gasteiger partial charge in [0.05, 0.1) is 16.1 Å². The monoisotopic (exact) mass is 243 g/mol. The minimum atomic E-state index is -3.37. The minimum Gasteiger partial charge on any atom is -0.478 e. The van der Waals surface area contributed by atoms with Gasteiger partial charge in [0.1, 0.15) is 0 Å². The van der Waals surface area contributed by atoms with Crippen LogP contribution in [0, 0.1) is 6.92 Å². The van der Waals surface area contributed by atoms with Gasteiger partial charge in [0, 0.05) is 13.3 Å². The summed E-state index contributed by atoms with van der Waals surface area (Å²) in [6.07, 6.45) is 1.09. The minimum absolute atomic E-state index is 0.0942. The molecule has 5 nitrogen and oxygen atoms in total. The van der Waals surface area contributed by atoms with Gasteiger partial charge in [-0.2, -0.15) is 0 Å². The molecule has 1 aromatic rings. The zero-order valence-electron chi connectivity index (χ0n) is 9.23. The number of carboxylic acids is 1. The molecule has 0 amide bonds. The summed E-state index contributed by atoms with van der Waals surface area (Å²) in [4.78, 5) is 11.0. The molecule has 0 aromatic heterocycles. The number of nitrogens with one attached hydrogen (secondary N) is 1. The van der Waals surface area contributed by atoms with Crippen LogP contribution in [0.2, 0.25) is 0 Å². The maximum Gasteiger partial charge on any atom is 0.336 e. The van der Waals surface area contributed by atoms with Crippen LogP contribution in [-0.4, -0.2) is 32.8 Å². The first-order valence-electron chi connectivity index (χ1n) is 4.53. The molecule has 1 aromatic carbocycles. The van der Waals surface area contributed by atoms with E-state index in [4.69, 9.17) is 5.11 Å². The van der Waals surface area contributed by atoms with Crippen molar-refractivity contribution in [1.82, 2.24) is 0 Å². The second kappa shape index (κ2) is 4.13. The smallest absolute Gasteiger partial charge is 0.336 e. The van der Waals surface area contributed by atoms with Crippen LogP contribution in [0.1, 0.15) is 15.9 Å². The quantitative estimate of drug-likeness (QED) is 0.831. The summed E-state index contributed by atoms with van der Waals surface area (Å²) in [6, 6.07) is 2.60. The SMILES string of the molecule is CNc1c(S(C)(=O)=O)ccc(C(=O)O)c1C. The highest BCUT2D eigenvalue weighted by molar-refractivity contribution is 7.90. The Bertz CT molecular complexity index is 534. The Morgan fingerprint density at radius 1 is 1.38 bits per heavy atom. The molecule has 16 heavy (non-hydrogen) atoms. The Hall–Kier alpha value is -1.56. The molecular weight excluding hydrogens is 230 g/mol. The van der Waals surface area contributed by atoms with Crippen LogP contribution in [0.3, 0.4) is 0 Å². The van der Waals surface area contributed by atoms with Gasteiger partial charge in [0.15, 0.2) is 9.84 Å². The van der Waals surface area contributed by atoms with Crippen molar-refractivity contribution in [1.29, 1.82) is 0 Å². The number of sulfone groups is 1. The van der Waals surface area contributed by atoms with E-state index in [0.717, 1.165) is 6.26 Å². The predicted molar refractivity (Wildman–Crippen MR) is 60.8 cm³/mol. The molecule has 0 bridgehead atoms. The molecule has 0 fully saturated rings. The zero-order valence-corrected chi connectivity index (χ0v) is 10.1. The van der Waals surface area contributed by atoms with Gasteiger partial charge in [0.25, 0.3) is 0 Å². The summed E-state index contributed by atoms with van der Waals surface area (Å²) in [6.45, 7) is 1.57. The average Bonchev–Trinajstić information content (AvgIpc) is 2.15. The van der Waals surface area contributed by atoms with Gasteiger partial charge in [-0.25, -0.2) is 13.2 Å². The molecule has 2 N–H and O–H groups in total. The number of rotatable bonds is 3. The number of aromatic carboxylic acids is 1. The molecule has 0 atom stereocenters. The molecule has 0 radical (unpaired) electrons. The van der Waals surface area contributed by atoms with Crippen molar-refractivity contribution in [2.75, 3.05) is 18.6 Å². The van der Waals surface area contributed by atoms with Crippen molar-refractivity contribution in [3.05, 3.63) is 23.3 Å². The lowest BCUT2D eigenvalue weighted by molar-refractivity contribution is 0.0696. The second-order valence-electron chi connectivity index (χ2n) is 3.44. The number of carbonyl (C=O) groups is 1. The van der Waals surface area contributed by atoms with E-state index in [9.17, 15) is 13.2 Å². The first-order valence-corrected chi connectivity index (χ1v) is 6.43. The molecule has 6 heteroatoms. The van der Waals surface area contributed by atoms with Crippen LogP contribution < -0.4 is 5.32 Å². The maximum atomic E-state index is 11.5. The molecule has 0 unspecified atom stereocenters. The number of carboxylic acid groups (broad SMARTS) is 1. The molecule has 0 aliphatic rings. The fraction of sp³-hybridized carbons (Fsp3) is 0.300. The summed E-state index contributed by atoms with van der Waals surface area (Å²) in [7, 11) is -1.81.